The highest BCUT2D eigenvalue weighted by Gasteiger charge is 2.36. The molecule has 2 aromatic rings. The lowest BCUT2D eigenvalue weighted by Gasteiger charge is -2.31. The molecule has 0 atom stereocenters. The monoisotopic (exact) mass is 495 g/mol. The second-order valence-corrected chi connectivity index (χ2v) is 10.3. The van der Waals surface area contributed by atoms with Crippen LogP contribution in [0.2, 0.25) is 0 Å². The molecular formula is C23H24F3N3O4S. The van der Waals surface area contributed by atoms with Crippen molar-refractivity contribution in [2.75, 3.05) is 23.1 Å². The van der Waals surface area contributed by atoms with E-state index in [1.807, 2.05) is 0 Å². The molecule has 1 saturated carbocycles. The summed E-state index contributed by atoms with van der Waals surface area (Å²) < 4.78 is 66.3. The number of piperidine rings is 1. The smallest absolute Gasteiger partial charge is 0.342 e. The number of nitrogens with one attached hydrogen (secondary N) is 2. The fraction of sp³-hybridized carbons (Fsp3) is 0.391. The van der Waals surface area contributed by atoms with Crippen LogP contribution >= 0.6 is 0 Å². The number of sulfonamides is 1. The third-order valence-corrected chi connectivity index (χ3v) is 7.34. The van der Waals surface area contributed by atoms with E-state index in [4.69, 9.17) is 0 Å². The van der Waals surface area contributed by atoms with E-state index in [0.717, 1.165) is 25.0 Å². The molecule has 11 heteroatoms. The van der Waals surface area contributed by atoms with Crippen LogP contribution in [0.5, 0.6) is 0 Å². The van der Waals surface area contributed by atoms with Gasteiger partial charge in [0.15, 0.2) is 0 Å². The van der Waals surface area contributed by atoms with Crippen molar-refractivity contribution < 1.29 is 31.2 Å². The highest BCUT2D eigenvalue weighted by atomic mass is 32.2. The minimum Gasteiger partial charge on any atom is -0.342 e. The SMILES string of the molecule is O=C(Nc1cccc(S(=O)(=O)Nc2cccc(C(F)(F)F)c2)c1)C1CCN(C(=O)C2CC2)CC1. The van der Waals surface area contributed by atoms with Crippen LogP contribution < -0.4 is 10.0 Å². The molecule has 1 aliphatic carbocycles. The number of carbonyl (C=O) groups is 2. The van der Waals surface area contributed by atoms with Crippen LogP contribution in [0.4, 0.5) is 24.5 Å². The summed E-state index contributed by atoms with van der Waals surface area (Å²) in [6.45, 7) is 1.03. The zero-order valence-electron chi connectivity index (χ0n) is 18.1. The Kier molecular flexibility index (Phi) is 6.57. The van der Waals surface area contributed by atoms with Crippen molar-refractivity contribution in [3.8, 4) is 0 Å². The molecule has 1 saturated heterocycles. The van der Waals surface area contributed by atoms with E-state index in [9.17, 15) is 31.2 Å². The number of likely N-dealkylation sites (tertiary alicyclic amines) is 1. The van der Waals surface area contributed by atoms with Crippen LogP contribution in [0.1, 0.15) is 31.2 Å². The number of benzene rings is 2. The second kappa shape index (κ2) is 9.28. The second-order valence-electron chi connectivity index (χ2n) is 8.57. The molecule has 0 unspecified atom stereocenters. The van der Waals surface area contributed by atoms with Crippen molar-refractivity contribution in [3.63, 3.8) is 0 Å². The number of rotatable bonds is 6. The Morgan fingerprint density at radius 1 is 0.882 bits per heavy atom. The predicted molar refractivity (Wildman–Crippen MR) is 119 cm³/mol. The first-order chi connectivity index (χ1) is 16.0. The van der Waals surface area contributed by atoms with Crippen LogP contribution in [-0.4, -0.2) is 38.2 Å². The number of carbonyl (C=O) groups excluding carboxylic acids is 2. The van der Waals surface area contributed by atoms with Gasteiger partial charge in [0.1, 0.15) is 0 Å². The molecule has 0 spiro atoms. The lowest BCUT2D eigenvalue weighted by Crippen LogP contribution is -2.42. The predicted octanol–water partition coefficient (Wildman–Crippen LogP) is 4.09. The molecule has 1 heterocycles. The van der Waals surface area contributed by atoms with E-state index in [0.29, 0.717) is 32.0 Å². The molecule has 2 amide bonds. The molecule has 1 aliphatic heterocycles. The number of halogens is 3. The fourth-order valence-electron chi connectivity index (χ4n) is 3.91. The Bertz CT molecular complexity index is 1190. The molecule has 7 nitrogen and oxygen atoms in total. The van der Waals surface area contributed by atoms with Crippen molar-refractivity contribution in [2.45, 2.75) is 36.8 Å². The van der Waals surface area contributed by atoms with Gasteiger partial charge in [0.2, 0.25) is 11.8 Å². The minimum atomic E-state index is -4.60. The number of amides is 2. The van der Waals surface area contributed by atoms with Gasteiger partial charge in [-0.05, 0) is 62.1 Å². The first kappa shape index (κ1) is 24.1. The molecule has 0 bridgehead atoms. The fourth-order valence-corrected chi connectivity index (χ4v) is 5.00. The third kappa shape index (κ3) is 5.69. The molecule has 4 rings (SSSR count). The molecule has 0 radical (unpaired) electrons. The number of anilines is 2. The van der Waals surface area contributed by atoms with E-state index in [1.54, 1.807) is 4.90 Å². The van der Waals surface area contributed by atoms with Crippen LogP contribution in [-0.2, 0) is 25.8 Å². The Balaban J connectivity index is 1.39. The van der Waals surface area contributed by atoms with E-state index in [1.165, 1.54) is 30.3 Å². The van der Waals surface area contributed by atoms with Crippen molar-refractivity contribution in [3.05, 3.63) is 54.1 Å². The number of alkyl halides is 3. The highest BCUT2D eigenvalue weighted by molar-refractivity contribution is 7.92. The molecule has 2 aliphatic rings. The summed E-state index contributed by atoms with van der Waals surface area (Å²) in [5.41, 5.74) is -0.941. The van der Waals surface area contributed by atoms with E-state index in [2.05, 4.69) is 10.0 Å². The topological polar surface area (TPSA) is 95.6 Å². The van der Waals surface area contributed by atoms with E-state index < -0.39 is 21.8 Å². The lowest BCUT2D eigenvalue weighted by atomic mass is 9.95. The van der Waals surface area contributed by atoms with Gasteiger partial charge in [-0.1, -0.05) is 12.1 Å². The van der Waals surface area contributed by atoms with Crippen molar-refractivity contribution >= 4 is 33.2 Å². The van der Waals surface area contributed by atoms with Gasteiger partial charge in [-0.2, -0.15) is 13.2 Å². The standard InChI is InChI=1S/C23H24F3N3O4S/c24-23(25,26)17-3-1-5-19(13-17)28-34(32,33)20-6-2-4-18(14-20)27-21(30)15-9-11-29(12-10-15)22(31)16-7-8-16/h1-6,13-16,28H,7-12H2,(H,27,30). The average Bonchev–Trinajstić information content (AvgIpc) is 3.64. The van der Waals surface area contributed by atoms with Gasteiger partial charge >= 0.3 is 6.18 Å². The summed E-state index contributed by atoms with van der Waals surface area (Å²) in [5.74, 6) is -0.268. The molecule has 0 aromatic heterocycles. The molecular weight excluding hydrogens is 471 g/mol. The van der Waals surface area contributed by atoms with Crippen molar-refractivity contribution in [1.82, 2.24) is 4.90 Å². The first-order valence-corrected chi connectivity index (χ1v) is 12.4. The molecule has 182 valence electrons. The molecule has 2 N–H and O–H groups in total. The summed E-state index contributed by atoms with van der Waals surface area (Å²) >= 11 is 0. The minimum absolute atomic E-state index is 0.139. The van der Waals surface area contributed by atoms with Gasteiger partial charge in [0.25, 0.3) is 10.0 Å². The zero-order chi connectivity index (χ0) is 24.5. The van der Waals surface area contributed by atoms with E-state index in [-0.39, 0.29) is 39.9 Å². The van der Waals surface area contributed by atoms with Gasteiger partial charge in [0.05, 0.1) is 10.5 Å². The third-order valence-electron chi connectivity index (χ3n) is 5.96. The van der Waals surface area contributed by atoms with Crippen molar-refractivity contribution in [1.29, 1.82) is 0 Å². The van der Waals surface area contributed by atoms with Gasteiger partial charge in [-0.3, -0.25) is 14.3 Å². The lowest BCUT2D eigenvalue weighted by molar-refractivity contribution is -0.137. The van der Waals surface area contributed by atoms with E-state index >= 15 is 0 Å². The maximum atomic E-state index is 12.9. The summed E-state index contributed by atoms with van der Waals surface area (Å²) in [6, 6.07) is 9.40. The molecule has 2 aromatic carbocycles. The quantitative estimate of drug-likeness (QED) is 0.631. The largest absolute Gasteiger partial charge is 0.416 e. The first-order valence-electron chi connectivity index (χ1n) is 10.9. The molecule has 34 heavy (non-hydrogen) atoms. The summed E-state index contributed by atoms with van der Waals surface area (Å²) in [6.07, 6.45) is -1.69. The van der Waals surface area contributed by atoms with Crippen LogP contribution in [0.25, 0.3) is 0 Å². The Labute approximate surface area is 195 Å². The zero-order valence-corrected chi connectivity index (χ0v) is 19.0. The Hall–Kier alpha value is -3.08. The van der Waals surface area contributed by atoms with Crippen LogP contribution in [0.15, 0.2) is 53.4 Å². The molecule has 2 fully saturated rings. The normalized spacial score (nSPS) is 17.3. The summed E-state index contributed by atoms with van der Waals surface area (Å²) in [7, 11) is -4.19. The van der Waals surface area contributed by atoms with Crippen LogP contribution in [0, 0.1) is 11.8 Å². The van der Waals surface area contributed by atoms with Gasteiger partial charge in [-0.25, -0.2) is 8.42 Å². The Morgan fingerprint density at radius 3 is 2.18 bits per heavy atom. The number of hydrogen-bond donors (Lipinski definition) is 2. The van der Waals surface area contributed by atoms with Gasteiger partial charge in [0, 0.05) is 36.3 Å². The number of hydrogen-bond acceptors (Lipinski definition) is 4. The maximum absolute atomic E-state index is 12.9. The maximum Gasteiger partial charge on any atom is 0.416 e. The van der Waals surface area contributed by atoms with Gasteiger partial charge < -0.3 is 10.2 Å². The summed E-state index contributed by atoms with van der Waals surface area (Å²) in [4.78, 5) is 26.5. The average molecular weight is 496 g/mol. The van der Waals surface area contributed by atoms with Crippen molar-refractivity contribution in [2.24, 2.45) is 11.8 Å². The summed E-state index contributed by atoms with van der Waals surface area (Å²) in [5, 5.41) is 2.71. The highest BCUT2D eigenvalue weighted by Crippen LogP contribution is 2.33. The van der Waals surface area contributed by atoms with Crippen LogP contribution in [0.3, 0.4) is 0 Å². The Morgan fingerprint density at radius 2 is 1.53 bits per heavy atom. The van der Waals surface area contributed by atoms with Gasteiger partial charge in [-0.15, -0.1) is 0 Å². The number of nitrogens with zero attached hydrogens (tertiary/aromatic N) is 1.